The summed E-state index contributed by atoms with van der Waals surface area (Å²) in [6, 6.07) is 4.02. The van der Waals surface area contributed by atoms with E-state index < -0.39 is 11.9 Å². The van der Waals surface area contributed by atoms with Gasteiger partial charge in [0.05, 0.1) is 35.3 Å². The number of carbonyl (C=O) groups is 1. The third-order valence-corrected chi connectivity index (χ3v) is 4.00. The number of nitrogens with zero attached hydrogens (tertiary/aromatic N) is 1. The molecule has 0 saturated heterocycles. The predicted octanol–water partition coefficient (Wildman–Crippen LogP) is 2.55. The molecule has 6 heteroatoms. The van der Waals surface area contributed by atoms with Crippen molar-refractivity contribution in [3.8, 4) is 6.07 Å². The molecule has 0 aromatic carbocycles. The van der Waals surface area contributed by atoms with Gasteiger partial charge < -0.3 is 10.1 Å². The Labute approximate surface area is 120 Å². The SMILES string of the molecule is COC(=O)C1=C(C)NC(S)=C(C#N)[C@H]1c1ccsc1. The van der Waals surface area contributed by atoms with Gasteiger partial charge in [0.1, 0.15) is 0 Å². The number of carbonyl (C=O) groups excluding carboxylic acids is 1. The number of rotatable bonds is 2. The molecule has 1 aliphatic rings. The summed E-state index contributed by atoms with van der Waals surface area (Å²) in [5.41, 5.74) is 2.43. The first kappa shape index (κ1) is 13.7. The highest BCUT2D eigenvalue weighted by molar-refractivity contribution is 7.84. The smallest absolute Gasteiger partial charge is 0.336 e. The lowest BCUT2D eigenvalue weighted by Gasteiger charge is -2.26. The van der Waals surface area contributed by atoms with Gasteiger partial charge in [-0.15, -0.1) is 12.6 Å². The molecule has 0 amide bonds. The minimum atomic E-state index is -0.435. The Kier molecular flexibility index (Phi) is 3.98. The molecule has 0 saturated carbocycles. The van der Waals surface area contributed by atoms with Crippen molar-refractivity contribution >= 4 is 29.9 Å². The Morgan fingerprint density at radius 3 is 2.89 bits per heavy atom. The molecule has 1 aromatic heterocycles. The first-order valence-electron chi connectivity index (χ1n) is 5.51. The van der Waals surface area contributed by atoms with E-state index in [1.54, 1.807) is 6.92 Å². The Balaban J connectivity index is 2.61. The molecule has 0 spiro atoms. The third-order valence-electron chi connectivity index (χ3n) is 2.94. The minimum Gasteiger partial charge on any atom is -0.466 e. The van der Waals surface area contributed by atoms with Crippen LogP contribution >= 0.6 is 24.0 Å². The molecule has 19 heavy (non-hydrogen) atoms. The first-order chi connectivity index (χ1) is 9.10. The second-order valence-corrected chi connectivity index (χ2v) is 5.25. The maximum absolute atomic E-state index is 12.0. The number of nitriles is 1. The van der Waals surface area contributed by atoms with E-state index in [1.807, 2.05) is 16.8 Å². The Morgan fingerprint density at radius 1 is 1.63 bits per heavy atom. The van der Waals surface area contributed by atoms with Crippen LogP contribution in [0.15, 0.2) is 38.7 Å². The molecule has 2 rings (SSSR count). The number of nitrogens with one attached hydrogen (secondary N) is 1. The number of allylic oxidation sites excluding steroid dienone is 2. The van der Waals surface area contributed by atoms with E-state index in [9.17, 15) is 10.1 Å². The van der Waals surface area contributed by atoms with Crippen molar-refractivity contribution < 1.29 is 9.53 Å². The fraction of sp³-hybridized carbons (Fsp3) is 0.231. The number of ether oxygens (including phenoxy) is 1. The second kappa shape index (κ2) is 5.51. The van der Waals surface area contributed by atoms with Gasteiger partial charge in [0.2, 0.25) is 0 Å². The summed E-state index contributed by atoms with van der Waals surface area (Å²) in [6.07, 6.45) is 0. The number of thiophene rings is 1. The van der Waals surface area contributed by atoms with Crippen molar-refractivity contribution in [2.24, 2.45) is 0 Å². The molecular weight excluding hydrogens is 280 g/mol. The highest BCUT2D eigenvalue weighted by Crippen LogP contribution is 2.39. The largest absolute Gasteiger partial charge is 0.466 e. The fourth-order valence-corrected chi connectivity index (χ4v) is 3.11. The summed E-state index contributed by atoms with van der Waals surface area (Å²) in [5, 5.41) is 16.6. The lowest BCUT2D eigenvalue weighted by Crippen LogP contribution is -2.27. The molecule has 2 heterocycles. The number of hydrogen-bond donors (Lipinski definition) is 2. The minimum absolute atomic E-state index is 0.419. The second-order valence-electron chi connectivity index (χ2n) is 4.02. The zero-order valence-electron chi connectivity index (χ0n) is 10.4. The standard InChI is InChI=1S/C13H12N2O2S2/c1-7-10(13(16)17-2)11(8-3-4-19-6-8)9(5-14)12(18)15-7/h3-4,6,11,15,18H,1-2H3/t11-/m1/s1. The van der Waals surface area contributed by atoms with E-state index in [1.165, 1.54) is 18.4 Å². The van der Waals surface area contributed by atoms with Gasteiger partial charge in [-0.1, -0.05) is 0 Å². The predicted molar refractivity (Wildman–Crippen MR) is 76.5 cm³/mol. The van der Waals surface area contributed by atoms with Crippen molar-refractivity contribution in [2.75, 3.05) is 7.11 Å². The van der Waals surface area contributed by atoms with Gasteiger partial charge in [0.15, 0.2) is 0 Å². The molecule has 0 fully saturated rings. The molecule has 0 aliphatic carbocycles. The van der Waals surface area contributed by atoms with E-state index in [0.29, 0.717) is 21.9 Å². The van der Waals surface area contributed by atoms with Gasteiger partial charge in [-0.25, -0.2) is 4.79 Å². The van der Waals surface area contributed by atoms with E-state index >= 15 is 0 Å². The topological polar surface area (TPSA) is 62.1 Å². The zero-order valence-corrected chi connectivity index (χ0v) is 12.1. The summed E-state index contributed by atoms with van der Waals surface area (Å²) < 4.78 is 4.83. The Morgan fingerprint density at radius 2 is 2.37 bits per heavy atom. The molecular formula is C13H12N2O2S2. The van der Waals surface area contributed by atoms with Gasteiger partial charge in [0, 0.05) is 5.70 Å². The number of dihydropyridines is 1. The summed E-state index contributed by atoms with van der Waals surface area (Å²) in [4.78, 5) is 12.0. The average Bonchev–Trinajstić information content (AvgIpc) is 2.90. The monoisotopic (exact) mass is 292 g/mol. The molecule has 1 aliphatic heterocycles. The molecule has 0 unspecified atom stereocenters. The lowest BCUT2D eigenvalue weighted by molar-refractivity contribution is -0.136. The van der Waals surface area contributed by atoms with Crippen LogP contribution in [0.5, 0.6) is 0 Å². The third kappa shape index (κ3) is 2.39. The normalized spacial score (nSPS) is 18.9. The van der Waals surface area contributed by atoms with Crippen molar-refractivity contribution in [1.82, 2.24) is 5.32 Å². The molecule has 98 valence electrons. The zero-order chi connectivity index (χ0) is 14.0. The maximum Gasteiger partial charge on any atom is 0.336 e. The van der Waals surface area contributed by atoms with Gasteiger partial charge in [0.25, 0.3) is 0 Å². The highest BCUT2D eigenvalue weighted by Gasteiger charge is 2.34. The van der Waals surface area contributed by atoms with Crippen LogP contribution in [0.3, 0.4) is 0 Å². The van der Waals surface area contributed by atoms with Crippen molar-refractivity contribution in [1.29, 1.82) is 5.26 Å². The van der Waals surface area contributed by atoms with E-state index in [2.05, 4.69) is 24.0 Å². The average molecular weight is 292 g/mol. The van der Waals surface area contributed by atoms with Crippen molar-refractivity contribution in [3.63, 3.8) is 0 Å². The quantitative estimate of drug-likeness (QED) is 0.649. The number of methoxy groups -OCH3 is 1. The fourth-order valence-electron chi connectivity index (χ4n) is 2.08. The number of esters is 1. The number of hydrogen-bond acceptors (Lipinski definition) is 6. The van der Waals surface area contributed by atoms with Crippen LogP contribution in [-0.4, -0.2) is 13.1 Å². The summed E-state index contributed by atoms with van der Waals surface area (Å²) in [6.45, 7) is 1.77. The van der Waals surface area contributed by atoms with Gasteiger partial charge in [-0.05, 0) is 29.3 Å². The Bertz CT molecular complexity index is 609. The molecule has 1 N–H and O–H groups in total. The van der Waals surface area contributed by atoms with Crippen LogP contribution in [-0.2, 0) is 9.53 Å². The molecule has 0 radical (unpaired) electrons. The van der Waals surface area contributed by atoms with Gasteiger partial charge >= 0.3 is 5.97 Å². The van der Waals surface area contributed by atoms with Crippen LogP contribution in [0.1, 0.15) is 18.4 Å². The van der Waals surface area contributed by atoms with Crippen LogP contribution in [0, 0.1) is 11.3 Å². The van der Waals surface area contributed by atoms with Crippen LogP contribution in [0.4, 0.5) is 0 Å². The summed E-state index contributed by atoms with van der Waals surface area (Å²) >= 11 is 5.81. The van der Waals surface area contributed by atoms with Gasteiger partial charge in [-0.2, -0.15) is 16.6 Å². The van der Waals surface area contributed by atoms with Gasteiger partial charge in [-0.3, -0.25) is 0 Å². The molecule has 1 aromatic rings. The summed E-state index contributed by atoms with van der Waals surface area (Å²) in [7, 11) is 1.33. The molecule has 4 nitrogen and oxygen atoms in total. The van der Waals surface area contributed by atoms with Crippen LogP contribution in [0.2, 0.25) is 0 Å². The summed E-state index contributed by atoms with van der Waals surface area (Å²) in [5.74, 6) is -0.854. The highest BCUT2D eigenvalue weighted by atomic mass is 32.1. The Hall–Kier alpha value is -1.71. The van der Waals surface area contributed by atoms with E-state index in [4.69, 9.17) is 4.74 Å². The van der Waals surface area contributed by atoms with Crippen molar-refractivity contribution in [3.05, 3.63) is 44.3 Å². The van der Waals surface area contributed by atoms with E-state index in [0.717, 1.165) is 5.56 Å². The van der Waals surface area contributed by atoms with E-state index in [-0.39, 0.29) is 0 Å². The van der Waals surface area contributed by atoms with Crippen LogP contribution < -0.4 is 5.32 Å². The van der Waals surface area contributed by atoms with Crippen molar-refractivity contribution in [2.45, 2.75) is 12.8 Å². The van der Waals surface area contributed by atoms with Crippen LogP contribution in [0.25, 0.3) is 0 Å². The lowest BCUT2D eigenvalue weighted by atomic mass is 9.84. The molecule has 0 bridgehead atoms. The maximum atomic E-state index is 12.0. The number of thiol groups is 1. The molecule has 1 atom stereocenters. The first-order valence-corrected chi connectivity index (χ1v) is 6.90.